The Bertz CT molecular complexity index is 1090. The van der Waals surface area contributed by atoms with Crippen molar-refractivity contribution in [1.82, 2.24) is 24.2 Å². The van der Waals surface area contributed by atoms with Gasteiger partial charge < -0.3 is 14.6 Å². The molecule has 10 nitrogen and oxygen atoms in total. The lowest BCUT2D eigenvalue weighted by atomic mass is 10.3. The van der Waals surface area contributed by atoms with Crippen LogP contribution in [-0.4, -0.2) is 69.9 Å². The summed E-state index contributed by atoms with van der Waals surface area (Å²) in [6, 6.07) is 2.21. The van der Waals surface area contributed by atoms with Gasteiger partial charge in [0.15, 0.2) is 11.5 Å². The van der Waals surface area contributed by atoms with Crippen LogP contribution < -0.4 is 10.6 Å². The van der Waals surface area contributed by atoms with Gasteiger partial charge in [0.1, 0.15) is 12.2 Å². The monoisotopic (exact) mass is 608 g/mol. The SMILES string of the molecule is CC(C)S(=O)(=O)N1CCC(NC(=O)Nc2cnc3c(ccn3COCC[Si](C)(C)C)n2)C1I. The van der Waals surface area contributed by atoms with Crippen LogP contribution in [0.25, 0.3) is 11.2 Å². The van der Waals surface area contributed by atoms with Crippen LogP contribution in [0.3, 0.4) is 0 Å². The third-order valence-corrected chi connectivity index (χ3v) is 11.3. The number of nitrogens with zero attached hydrogens (tertiary/aromatic N) is 4. The number of halogens is 1. The first kappa shape index (κ1) is 26.3. The quantitative estimate of drug-likeness (QED) is 0.148. The summed E-state index contributed by atoms with van der Waals surface area (Å²) in [7, 11) is -4.50. The predicted octanol–water partition coefficient (Wildman–Crippen LogP) is 3.44. The van der Waals surface area contributed by atoms with E-state index in [9.17, 15) is 13.2 Å². The van der Waals surface area contributed by atoms with Crippen molar-refractivity contribution in [3.05, 3.63) is 18.5 Å². The molecule has 0 bridgehead atoms. The minimum Gasteiger partial charge on any atom is -0.361 e. The van der Waals surface area contributed by atoms with E-state index < -0.39 is 29.4 Å². The molecule has 2 aromatic heterocycles. The van der Waals surface area contributed by atoms with Gasteiger partial charge >= 0.3 is 6.03 Å². The van der Waals surface area contributed by atoms with Gasteiger partial charge in [-0.2, -0.15) is 4.31 Å². The van der Waals surface area contributed by atoms with Crippen molar-refractivity contribution in [3.63, 3.8) is 0 Å². The molecule has 2 amide bonds. The van der Waals surface area contributed by atoms with E-state index in [0.717, 1.165) is 12.7 Å². The van der Waals surface area contributed by atoms with Crippen molar-refractivity contribution in [2.45, 2.75) is 68.0 Å². The van der Waals surface area contributed by atoms with Crippen molar-refractivity contribution < 1.29 is 17.9 Å². The summed E-state index contributed by atoms with van der Waals surface area (Å²) >= 11 is 2.07. The molecular weight excluding hydrogens is 575 g/mol. The highest BCUT2D eigenvalue weighted by molar-refractivity contribution is 14.1. The number of urea groups is 1. The van der Waals surface area contributed by atoms with Crippen molar-refractivity contribution in [2.75, 3.05) is 18.5 Å². The second kappa shape index (κ2) is 10.5. The number of sulfonamides is 1. The topological polar surface area (TPSA) is 118 Å². The number of aromatic nitrogens is 3. The number of hydrogen-bond donors (Lipinski definition) is 2. The van der Waals surface area contributed by atoms with E-state index in [2.05, 4.69) is 62.8 Å². The Hall–Kier alpha value is -1.29. The van der Waals surface area contributed by atoms with Gasteiger partial charge in [-0.05, 0) is 32.4 Å². The number of alkyl halides is 1. The third kappa shape index (κ3) is 6.65. The Morgan fingerprint density at radius 1 is 1.36 bits per heavy atom. The maximum Gasteiger partial charge on any atom is 0.320 e. The lowest BCUT2D eigenvalue weighted by Gasteiger charge is -2.25. The molecule has 2 N–H and O–H groups in total. The normalized spacial score (nSPS) is 20.0. The van der Waals surface area contributed by atoms with Crippen LogP contribution in [0.4, 0.5) is 10.6 Å². The van der Waals surface area contributed by atoms with Crippen LogP contribution in [0.1, 0.15) is 20.3 Å². The zero-order chi connectivity index (χ0) is 24.4. The van der Waals surface area contributed by atoms with E-state index in [0.29, 0.717) is 36.7 Å². The maximum atomic E-state index is 12.5. The average molecular weight is 609 g/mol. The molecule has 0 spiro atoms. The van der Waals surface area contributed by atoms with Crippen LogP contribution in [0.15, 0.2) is 18.5 Å². The molecule has 33 heavy (non-hydrogen) atoms. The number of fused-ring (bicyclic) bond motifs is 1. The Labute approximate surface area is 210 Å². The lowest BCUT2D eigenvalue weighted by molar-refractivity contribution is 0.0899. The largest absolute Gasteiger partial charge is 0.361 e. The van der Waals surface area contributed by atoms with E-state index in [1.54, 1.807) is 13.8 Å². The van der Waals surface area contributed by atoms with E-state index in [-0.39, 0.29) is 10.1 Å². The van der Waals surface area contributed by atoms with Gasteiger partial charge in [-0.1, -0.05) is 42.2 Å². The van der Waals surface area contributed by atoms with Crippen LogP contribution >= 0.6 is 22.6 Å². The van der Waals surface area contributed by atoms with Gasteiger partial charge in [-0.25, -0.2) is 23.2 Å². The molecule has 0 aliphatic carbocycles. The molecule has 184 valence electrons. The number of carbonyl (C=O) groups is 1. The van der Waals surface area contributed by atoms with Crippen molar-refractivity contribution in [2.24, 2.45) is 0 Å². The van der Waals surface area contributed by atoms with Crippen LogP contribution in [0.2, 0.25) is 25.7 Å². The third-order valence-electron chi connectivity index (χ3n) is 5.44. The predicted molar refractivity (Wildman–Crippen MR) is 141 cm³/mol. The van der Waals surface area contributed by atoms with Crippen LogP contribution in [0.5, 0.6) is 0 Å². The molecule has 1 aliphatic rings. The first-order valence-electron chi connectivity index (χ1n) is 11.0. The fourth-order valence-electron chi connectivity index (χ4n) is 3.39. The number of ether oxygens (including phenoxy) is 1. The molecule has 2 aromatic rings. The number of hydrogen-bond acceptors (Lipinski definition) is 6. The van der Waals surface area contributed by atoms with Gasteiger partial charge in [0.05, 0.1) is 21.5 Å². The number of anilines is 1. The summed E-state index contributed by atoms with van der Waals surface area (Å²) < 4.78 is 33.8. The number of nitrogens with one attached hydrogen (secondary N) is 2. The highest BCUT2D eigenvalue weighted by Gasteiger charge is 2.41. The van der Waals surface area contributed by atoms with Crippen molar-refractivity contribution >= 4 is 63.7 Å². The molecule has 0 aromatic carbocycles. The lowest BCUT2D eigenvalue weighted by Crippen LogP contribution is -2.46. The van der Waals surface area contributed by atoms with Crippen LogP contribution in [0, 0.1) is 0 Å². The summed E-state index contributed by atoms with van der Waals surface area (Å²) in [5.74, 6) is 0.326. The van der Waals surface area contributed by atoms with Gasteiger partial charge in [0, 0.05) is 27.4 Å². The van der Waals surface area contributed by atoms with Crippen molar-refractivity contribution in [1.29, 1.82) is 0 Å². The first-order chi connectivity index (χ1) is 15.4. The summed E-state index contributed by atoms with van der Waals surface area (Å²) in [5.41, 5.74) is 1.34. The van der Waals surface area contributed by atoms with E-state index in [1.807, 2.05) is 16.8 Å². The number of rotatable bonds is 9. The molecule has 1 aliphatic heterocycles. The Kier molecular flexibility index (Phi) is 8.40. The second-order valence-electron chi connectivity index (χ2n) is 9.67. The second-order valence-corrected chi connectivity index (χ2v) is 19.0. The van der Waals surface area contributed by atoms with Crippen LogP contribution in [-0.2, 0) is 21.5 Å². The summed E-state index contributed by atoms with van der Waals surface area (Å²) in [5, 5.41) is 5.07. The molecule has 0 radical (unpaired) electrons. The molecule has 13 heteroatoms. The molecule has 2 atom stereocenters. The Morgan fingerprint density at radius 3 is 2.76 bits per heavy atom. The van der Waals surface area contributed by atoms with E-state index in [1.165, 1.54) is 10.5 Å². The molecule has 2 unspecified atom stereocenters. The van der Waals surface area contributed by atoms with Gasteiger partial charge in [-0.3, -0.25) is 5.32 Å². The summed E-state index contributed by atoms with van der Waals surface area (Å²) in [6.45, 7) is 11.8. The fraction of sp³-hybridized carbons (Fsp3) is 0.650. The minimum atomic E-state index is -3.37. The summed E-state index contributed by atoms with van der Waals surface area (Å²) in [4.78, 5) is 21.4. The molecule has 3 heterocycles. The van der Waals surface area contributed by atoms with E-state index in [4.69, 9.17) is 4.74 Å². The highest BCUT2D eigenvalue weighted by Crippen LogP contribution is 2.28. The smallest absolute Gasteiger partial charge is 0.320 e. The standard InChI is InChI=1S/C20H33IN6O4SSi/c1-14(2)32(29,30)27-9-7-15(18(27)21)24-20(28)25-17-12-22-19-16(23-17)6-8-26(19)13-31-10-11-33(3,4)5/h6,8,12,14-15,18H,7,9-11,13H2,1-5H3,(H2,23,24,25,28). The fourth-order valence-corrected chi connectivity index (χ4v) is 7.25. The zero-order valence-corrected chi connectivity index (χ0v) is 23.7. The Balaban J connectivity index is 1.56. The maximum absolute atomic E-state index is 12.5. The average Bonchev–Trinajstić information content (AvgIpc) is 3.28. The van der Waals surface area contributed by atoms with Gasteiger partial charge in [-0.15, -0.1) is 0 Å². The number of carbonyl (C=O) groups excluding carboxylic acids is 1. The minimum absolute atomic E-state index is 0.287. The zero-order valence-electron chi connectivity index (χ0n) is 19.7. The van der Waals surface area contributed by atoms with Gasteiger partial charge in [0.25, 0.3) is 0 Å². The molecular formula is C20H33IN6O4SSi. The highest BCUT2D eigenvalue weighted by atomic mass is 127. The molecule has 1 saturated heterocycles. The molecule has 0 saturated carbocycles. The summed E-state index contributed by atoms with van der Waals surface area (Å²) in [6.07, 6.45) is 3.93. The molecule has 1 fully saturated rings. The van der Waals surface area contributed by atoms with Crippen molar-refractivity contribution in [3.8, 4) is 0 Å². The van der Waals surface area contributed by atoms with Gasteiger partial charge in [0.2, 0.25) is 10.0 Å². The Morgan fingerprint density at radius 2 is 2.09 bits per heavy atom. The first-order valence-corrected chi connectivity index (χ1v) is 17.5. The molecule has 3 rings (SSSR count). The van der Waals surface area contributed by atoms with E-state index >= 15 is 0 Å². The number of amides is 2.